The van der Waals surface area contributed by atoms with Crippen LogP contribution in [0.25, 0.3) is 0 Å². The zero-order valence-corrected chi connectivity index (χ0v) is 9.18. The second-order valence-corrected chi connectivity index (χ2v) is 3.38. The largest absolute Gasteiger partial charge is 0.460 e. The van der Waals surface area contributed by atoms with Crippen molar-refractivity contribution in [1.82, 2.24) is 0 Å². The summed E-state index contributed by atoms with van der Waals surface area (Å²) in [5.41, 5.74) is 6.55. The molecule has 2 N–H and O–H groups in total. The second-order valence-electron chi connectivity index (χ2n) is 3.38. The molecule has 0 radical (unpaired) electrons. The normalized spacial score (nSPS) is 11.9. The average molecular weight is 221 g/mol. The summed E-state index contributed by atoms with van der Waals surface area (Å²) in [7, 11) is 0. The third-order valence-corrected chi connectivity index (χ3v) is 2.11. The summed E-state index contributed by atoms with van der Waals surface area (Å²) < 4.78 is 4.59. The van der Waals surface area contributed by atoms with Gasteiger partial charge < -0.3 is 10.5 Å². The molecule has 1 rings (SSSR count). The third kappa shape index (κ3) is 3.47. The van der Waals surface area contributed by atoms with Gasteiger partial charge in [-0.05, 0) is 18.9 Å². The second kappa shape index (κ2) is 6.02. The Morgan fingerprint density at radius 2 is 1.94 bits per heavy atom. The molecule has 0 bridgehead atoms. The van der Waals surface area contributed by atoms with E-state index in [1.165, 1.54) is 0 Å². The van der Waals surface area contributed by atoms with Crippen LogP contribution >= 0.6 is 0 Å². The molecule has 4 heteroatoms. The summed E-state index contributed by atoms with van der Waals surface area (Å²) in [6.07, 6.45) is 0.346. The molecule has 0 saturated carbocycles. The van der Waals surface area contributed by atoms with Crippen LogP contribution in [0.15, 0.2) is 30.3 Å². The molecule has 4 nitrogen and oxygen atoms in total. The van der Waals surface area contributed by atoms with Gasteiger partial charge in [-0.3, -0.25) is 4.79 Å². The van der Waals surface area contributed by atoms with E-state index in [1.54, 1.807) is 6.92 Å². The number of benzene rings is 1. The molecule has 0 heterocycles. The highest BCUT2D eigenvalue weighted by atomic mass is 16.5. The molecule has 0 spiro atoms. The Bertz CT molecular complexity index is 362. The predicted molar refractivity (Wildman–Crippen MR) is 59.8 cm³/mol. The lowest BCUT2D eigenvalue weighted by molar-refractivity contribution is -0.154. The van der Waals surface area contributed by atoms with Crippen molar-refractivity contribution < 1.29 is 14.3 Å². The van der Waals surface area contributed by atoms with E-state index >= 15 is 0 Å². The number of hydrogen-bond donors (Lipinski definition) is 1. The SMILES string of the molecule is CCOC(=O)C(=O)[C@@H](N)Cc1ccccc1. The van der Waals surface area contributed by atoms with Gasteiger partial charge in [-0.15, -0.1) is 0 Å². The van der Waals surface area contributed by atoms with Gasteiger partial charge >= 0.3 is 5.97 Å². The van der Waals surface area contributed by atoms with E-state index in [9.17, 15) is 9.59 Å². The van der Waals surface area contributed by atoms with Crippen molar-refractivity contribution in [2.75, 3.05) is 6.61 Å². The molecule has 0 saturated heterocycles. The maximum atomic E-state index is 11.4. The summed E-state index contributed by atoms with van der Waals surface area (Å²) in [4.78, 5) is 22.6. The van der Waals surface area contributed by atoms with Gasteiger partial charge in [0.05, 0.1) is 12.6 Å². The average Bonchev–Trinajstić information content (AvgIpc) is 2.29. The number of ketones is 1. The standard InChI is InChI=1S/C12H15NO3/c1-2-16-12(15)11(14)10(13)8-9-6-4-3-5-7-9/h3-7,10H,2,8,13H2,1H3/t10-/m0/s1. The van der Waals surface area contributed by atoms with Crippen molar-refractivity contribution in [3.8, 4) is 0 Å². The molecule has 0 aliphatic rings. The van der Waals surface area contributed by atoms with Crippen molar-refractivity contribution in [2.24, 2.45) is 5.73 Å². The first-order valence-corrected chi connectivity index (χ1v) is 5.15. The van der Waals surface area contributed by atoms with E-state index in [0.29, 0.717) is 6.42 Å². The summed E-state index contributed by atoms with van der Waals surface area (Å²) in [5, 5.41) is 0. The maximum absolute atomic E-state index is 11.4. The lowest BCUT2D eigenvalue weighted by Crippen LogP contribution is -2.38. The van der Waals surface area contributed by atoms with Crippen LogP contribution in [0.4, 0.5) is 0 Å². The van der Waals surface area contributed by atoms with E-state index in [-0.39, 0.29) is 6.61 Å². The van der Waals surface area contributed by atoms with Crippen LogP contribution in [0.3, 0.4) is 0 Å². The minimum atomic E-state index is -0.856. The van der Waals surface area contributed by atoms with Gasteiger partial charge in [0.2, 0.25) is 0 Å². The molecular weight excluding hydrogens is 206 g/mol. The molecule has 0 aliphatic carbocycles. The van der Waals surface area contributed by atoms with Crippen LogP contribution in [0.5, 0.6) is 0 Å². The fourth-order valence-electron chi connectivity index (χ4n) is 1.31. The van der Waals surface area contributed by atoms with Gasteiger partial charge in [-0.25, -0.2) is 4.79 Å². The molecule has 1 atom stereocenters. The highest BCUT2D eigenvalue weighted by Crippen LogP contribution is 2.03. The Morgan fingerprint density at radius 3 is 2.50 bits per heavy atom. The van der Waals surface area contributed by atoms with Crippen LogP contribution in [0, 0.1) is 0 Å². The molecule has 0 aliphatic heterocycles. The Kier molecular flexibility index (Phi) is 4.66. The van der Waals surface area contributed by atoms with Crippen LogP contribution in [0.1, 0.15) is 12.5 Å². The number of rotatable bonds is 5. The topological polar surface area (TPSA) is 69.4 Å². The van der Waals surface area contributed by atoms with Crippen LogP contribution in [0.2, 0.25) is 0 Å². The highest BCUT2D eigenvalue weighted by Gasteiger charge is 2.22. The van der Waals surface area contributed by atoms with Gasteiger partial charge in [0.25, 0.3) is 5.78 Å². The highest BCUT2D eigenvalue weighted by molar-refractivity contribution is 6.35. The van der Waals surface area contributed by atoms with Gasteiger partial charge in [0.15, 0.2) is 0 Å². The third-order valence-electron chi connectivity index (χ3n) is 2.11. The van der Waals surface area contributed by atoms with E-state index in [2.05, 4.69) is 4.74 Å². The van der Waals surface area contributed by atoms with Gasteiger partial charge in [0, 0.05) is 0 Å². The van der Waals surface area contributed by atoms with Crippen molar-refractivity contribution in [3.63, 3.8) is 0 Å². The van der Waals surface area contributed by atoms with Gasteiger partial charge in [-0.1, -0.05) is 30.3 Å². The molecule has 1 aromatic carbocycles. The van der Waals surface area contributed by atoms with Gasteiger partial charge in [0.1, 0.15) is 0 Å². The number of ether oxygens (including phenoxy) is 1. The van der Waals surface area contributed by atoms with Crippen molar-refractivity contribution in [2.45, 2.75) is 19.4 Å². The van der Waals surface area contributed by atoms with E-state index in [4.69, 9.17) is 5.73 Å². The molecule has 0 aromatic heterocycles. The Balaban J connectivity index is 2.55. The van der Waals surface area contributed by atoms with Crippen LogP contribution in [-0.2, 0) is 20.7 Å². The molecule has 86 valence electrons. The monoisotopic (exact) mass is 221 g/mol. The molecule has 0 unspecified atom stereocenters. The van der Waals surface area contributed by atoms with E-state index < -0.39 is 17.8 Å². The zero-order chi connectivity index (χ0) is 12.0. The Labute approximate surface area is 94.4 Å². The number of esters is 1. The molecular formula is C12H15NO3. The molecule has 1 aromatic rings. The van der Waals surface area contributed by atoms with Crippen LogP contribution < -0.4 is 5.73 Å². The number of Topliss-reactive ketones (excluding diaryl/α,β-unsaturated/α-hetero) is 1. The summed E-state index contributed by atoms with van der Waals surface area (Å²) in [6.45, 7) is 1.83. The summed E-state index contributed by atoms with van der Waals surface area (Å²) >= 11 is 0. The lowest BCUT2D eigenvalue weighted by Gasteiger charge is -2.09. The van der Waals surface area contributed by atoms with Crippen molar-refractivity contribution >= 4 is 11.8 Å². The summed E-state index contributed by atoms with van der Waals surface area (Å²) in [6, 6.07) is 8.48. The fraction of sp³-hybridized carbons (Fsp3) is 0.333. The van der Waals surface area contributed by atoms with E-state index in [1.807, 2.05) is 30.3 Å². The lowest BCUT2D eigenvalue weighted by atomic mass is 10.0. The number of hydrogen-bond acceptors (Lipinski definition) is 4. The Morgan fingerprint density at radius 1 is 1.31 bits per heavy atom. The maximum Gasteiger partial charge on any atom is 0.376 e. The number of carbonyl (C=O) groups is 2. The minimum absolute atomic E-state index is 0.183. The van der Waals surface area contributed by atoms with Crippen LogP contribution in [-0.4, -0.2) is 24.4 Å². The first kappa shape index (κ1) is 12.4. The smallest absolute Gasteiger partial charge is 0.376 e. The zero-order valence-electron chi connectivity index (χ0n) is 9.18. The Hall–Kier alpha value is -1.68. The first-order chi connectivity index (χ1) is 7.65. The predicted octanol–water partition coefficient (Wildman–Crippen LogP) is 0.689. The minimum Gasteiger partial charge on any atom is -0.460 e. The van der Waals surface area contributed by atoms with Gasteiger partial charge in [-0.2, -0.15) is 0 Å². The van der Waals surface area contributed by atoms with Crippen molar-refractivity contribution in [1.29, 1.82) is 0 Å². The first-order valence-electron chi connectivity index (χ1n) is 5.15. The quantitative estimate of drug-likeness (QED) is 0.586. The molecule has 0 fully saturated rings. The molecule has 0 amide bonds. The number of carbonyl (C=O) groups excluding carboxylic acids is 2. The van der Waals surface area contributed by atoms with Crippen molar-refractivity contribution in [3.05, 3.63) is 35.9 Å². The summed E-state index contributed by atoms with van der Waals surface area (Å²) in [5.74, 6) is -1.53. The van der Waals surface area contributed by atoms with E-state index in [0.717, 1.165) is 5.56 Å². The fourth-order valence-corrected chi connectivity index (χ4v) is 1.31. The number of nitrogens with two attached hydrogens (primary N) is 1. The molecule has 16 heavy (non-hydrogen) atoms.